The number of carbonyl (C=O) groups is 1. The molecule has 0 saturated heterocycles. The molecule has 3 aromatic heterocycles. The molecule has 232 valence electrons. The van der Waals surface area contributed by atoms with Gasteiger partial charge in [0.2, 0.25) is 5.91 Å². The molecular formula is C35H39N7O3. The van der Waals surface area contributed by atoms with Gasteiger partial charge in [-0.05, 0) is 55.7 Å². The molecule has 0 aliphatic carbocycles. The van der Waals surface area contributed by atoms with Crippen molar-refractivity contribution in [3.05, 3.63) is 107 Å². The largest absolute Gasteiger partial charge is 0.497 e. The number of fused-ring (bicyclic) bond motifs is 2. The van der Waals surface area contributed by atoms with Crippen molar-refractivity contribution in [1.29, 1.82) is 0 Å². The predicted octanol–water partition coefficient (Wildman–Crippen LogP) is 5.08. The smallest absolute Gasteiger partial charge is 0.239 e. The van der Waals surface area contributed by atoms with Gasteiger partial charge >= 0.3 is 0 Å². The van der Waals surface area contributed by atoms with E-state index in [4.69, 9.17) is 25.4 Å². The Kier molecular flexibility index (Phi) is 8.32. The molecule has 0 fully saturated rings. The molecule has 0 unspecified atom stereocenters. The van der Waals surface area contributed by atoms with Gasteiger partial charge in [0.25, 0.3) is 0 Å². The van der Waals surface area contributed by atoms with Gasteiger partial charge in [-0.25, -0.2) is 0 Å². The van der Waals surface area contributed by atoms with Crippen LogP contribution in [0.25, 0.3) is 21.8 Å². The fourth-order valence-electron chi connectivity index (χ4n) is 5.85. The second kappa shape index (κ2) is 12.5. The van der Waals surface area contributed by atoms with Crippen molar-refractivity contribution in [2.75, 3.05) is 20.8 Å². The third kappa shape index (κ3) is 6.14. The Morgan fingerprint density at radius 1 is 0.911 bits per heavy atom. The van der Waals surface area contributed by atoms with E-state index >= 15 is 0 Å². The Bertz CT molecular complexity index is 1950. The minimum atomic E-state index is -1.03. The van der Waals surface area contributed by atoms with Gasteiger partial charge in [0.05, 0.1) is 32.2 Å². The number of nitrogens with zero attached hydrogens (tertiary/aromatic N) is 3. The van der Waals surface area contributed by atoms with Crippen molar-refractivity contribution in [1.82, 2.24) is 30.0 Å². The average Bonchev–Trinajstić information content (AvgIpc) is 3.77. The normalized spacial score (nSPS) is 12.5. The molecule has 3 aromatic carbocycles. The fourth-order valence-corrected chi connectivity index (χ4v) is 5.85. The standard InChI is InChI=1S/C35H39N7O3/c1-35(2,36)34(43)39-20-28(27-19-38-30-12-8-6-10-26(27)30)33-41-40-32(16-14-22-18-37-29-11-7-5-9-25(22)29)42(33)21-23-13-15-24(44-3)17-31(23)45-4/h5-13,15,17-19,28,37-38H,14,16,20-21,36H2,1-4H3,(H,39,43)/t28-/m0/s1. The number of para-hydroxylation sites is 2. The van der Waals surface area contributed by atoms with E-state index in [-0.39, 0.29) is 11.8 Å². The van der Waals surface area contributed by atoms with Crippen LogP contribution in [0.2, 0.25) is 0 Å². The number of H-pyrrole nitrogens is 2. The number of methoxy groups -OCH3 is 2. The lowest BCUT2D eigenvalue weighted by Gasteiger charge is -2.23. The molecule has 1 amide bonds. The van der Waals surface area contributed by atoms with Crippen LogP contribution in [-0.2, 0) is 24.2 Å². The number of aromatic nitrogens is 5. The van der Waals surface area contributed by atoms with Gasteiger partial charge in [-0.2, -0.15) is 0 Å². The zero-order valence-electron chi connectivity index (χ0n) is 26.1. The number of nitrogens with one attached hydrogen (secondary N) is 3. The Hall–Kier alpha value is -5.09. The topological polar surface area (TPSA) is 136 Å². The van der Waals surface area contributed by atoms with E-state index in [9.17, 15) is 4.79 Å². The molecule has 0 saturated carbocycles. The lowest BCUT2D eigenvalue weighted by Crippen LogP contribution is -2.50. The minimum Gasteiger partial charge on any atom is -0.497 e. The summed E-state index contributed by atoms with van der Waals surface area (Å²) in [5.74, 6) is 2.44. The highest BCUT2D eigenvalue weighted by Crippen LogP contribution is 2.33. The number of aryl methyl sites for hydroxylation is 2. The van der Waals surface area contributed by atoms with Crippen molar-refractivity contribution in [2.45, 2.75) is 44.7 Å². The van der Waals surface area contributed by atoms with E-state index in [1.165, 1.54) is 10.9 Å². The fraction of sp³-hybridized carbons (Fsp3) is 0.286. The Morgan fingerprint density at radius 3 is 2.36 bits per heavy atom. The predicted molar refractivity (Wildman–Crippen MR) is 176 cm³/mol. The van der Waals surface area contributed by atoms with Gasteiger partial charge in [-0.1, -0.05) is 36.4 Å². The highest BCUT2D eigenvalue weighted by Gasteiger charge is 2.29. The molecule has 5 N–H and O–H groups in total. The van der Waals surface area contributed by atoms with Gasteiger partial charge in [-0.15, -0.1) is 10.2 Å². The maximum absolute atomic E-state index is 13.0. The average molecular weight is 606 g/mol. The summed E-state index contributed by atoms with van der Waals surface area (Å²) in [6, 6.07) is 22.2. The first-order valence-corrected chi connectivity index (χ1v) is 15.1. The summed E-state index contributed by atoms with van der Waals surface area (Å²) in [4.78, 5) is 19.8. The highest BCUT2D eigenvalue weighted by molar-refractivity contribution is 5.86. The van der Waals surface area contributed by atoms with Gasteiger partial charge in [-0.3, -0.25) is 4.79 Å². The van der Waals surface area contributed by atoms with E-state index in [1.807, 2.05) is 48.7 Å². The molecule has 0 bridgehead atoms. The van der Waals surface area contributed by atoms with Crippen molar-refractivity contribution < 1.29 is 14.3 Å². The monoisotopic (exact) mass is 605 g/mol. The van der Waals surface area contributed by atoms with Crippen LogP contribution >= 0.6 is 0 Å². The number of amides is 1. The van der Waals surface area contributed by atoms with E-state index in [0.29, 0.717) is 31.0 Å². The van der Waals surface area contributed by atoms with Crippen molar-refractivity contribution in [3.63, 3.8) is 0 Å². The maximum Gasteiger partial charge on any atom is 0.239 e. The summed E-state index contributed by atoms with van der Waals surface area (Å²) < 4.78 is 13.4. The van der Waals surface area contributed by atoms with Crippen LogP contribution < -0.4 is 20.5 Å². The van der Waals surface area contributed by atoms with Gasteiger partial charge < -0.3 is 35.1 Å². The lowest BCUT2D eigenvalue weighted by molar-refractivity contribution is -0.125. The molecule has 0 radical (unpaired) electrons. The number of carbonyl (C=O) groups excluding carboxylic acids is 1. The van der Waals surface area contributed by atoms with Gasteiger partial charge in [0.15, 0.2) is 0 Å². The summed E-state index contributed by atoms with van der Waals surface area (Å²) in [6.07, 6.45) is 5.50. The molecule has 45 heavy (non-hydrogen) atoms. The Balaban J connectivity index is 1.44. The summed E-state index contributed by atoms with van der Waals surface area (Å²) in [6.45, 7) is 4.16. The van der Waals surface area contributed by atoms with E-state index in [1.54, 1.807) is 28.1 Å². The van der Waals surface area contributed by atoms with Crippen LogP contribution in [-0.4, -0.2) is 56.9 Å². The summed E-state index contributed by atoms with van der Waals surface area (Å²) in [5, 5.41) is 14.9. The zero-order valence-corrected chi connectivity index (χ0v) is 26.1. The van der Waals surface area contributed by atoms with Crippen molar-refractivity contribution in [2.24, 2.45) is 5.73 Å². The second-order valence-electron chi connectivity index (χ2n) is 11.9. The first-order chi connectivity index (χ1) is 21.8. The molecule has 0 spiro atoms. The quantitative estimate of drug-likeness (QED) is 0.154. The van der Waals surface area contributed by atoms with Crippen molar-refractivity contribution >= 4 is 27.7 Å². The summed E-state index contributed by atoms with van der Waals surface area (Å²) in [5.41, 5.74) is 10.4. The summed E-state index contributed by atoms with van der Waals surface area (Å²) >= 11 is 0. The van der Waals surface area contributed by atoms with Crippen LogP contribution in [0.1, 0.15) is 48.1 Å². The second-order valence-corrected chi connectivity index (χ2v) is 11.9. The lowest BCUT2D eigenvalue weighted by atomic mass is 9.96. The Morgan fingerprint density at radius 2 is 1.62 bits per heavy atom. The molecule has 3 heterocycles. The number of rotatable bonds is 12. The molecule has 6 rings (SSSR count). The van der Waals surface area contributed by atoms with E-state index < -0.39 is 5.54 Å². The van der Waals surface area contributed by atoms with Crippen molar-refractivity contribution in [3.8, 4) is 11.5 Å². The third-order valence-corrected chi connectivity index (χ3v) is 8.33. The van der Waals surface area contributed by atoms with Crippen LogP contribution in [0.4, 0.5) is 0 Å². The van der Waals surface area contributed by atoms with E-state index in [2.05, 4.69) is 50.3 Å². The van der Waals surface area contributed by atoms with Crippen LogP contribution in [0, 0.1) is 0 Å². The first-order valence-electron chi connectivity index (χ1n) is 15.1. The SMILES string of the molecule is COc1ccc(Cn2c(CCc3c[nH]c4ccccc34)nnc2[C@@H](CNC(=O)C(C)(C)N)c2c[nH]c3ccccc23)c(OC)c1. The first kappa shape index (κ1) is 30.0. The number of ether oxygens (including phenoxy) is 2. The molecule has 10 heteroatoms. The third-order valence-electron chi connectivity index (χ3n) is 8.33. The van der Waals surface area contributed by atoms with Gasteiger partial charge in [0, 0.05) is 58.8 Å². The zero-order chi connectivity index (χ0) is 31.6. The number of aromatic amines is 2. The highest BCUT2D eigenvalue weighted by atomic mass is 16.5. The summed E-state index contributed by atoms with van der Waals surface area (Å²) in [7, 11) is 3.29. The molecule has 0 aliphatic rings. The van der Waals surface area contributed by atoms with Crippen LogP contribution in [0.5, 0.6) is 11.5 Å². The molecule has 0 aliphatic heterocycles. The van der Waals surface area contributed by atoms with Crippen LogP contribution in [0.15, 0.2) is 79.1 Å². The van der Waals surface area contributed by atoms with E-state index in [0.717, 1.165) is 45.6 Å². The maximum atomic E-state index is 13.0. The molecule has 10 nitrogen and oxygen atoms in total. The molecular weight excluding hydrogens is 566 g/mol. The number of hydrogen-bond donors (Lipinski definition) is 4. The number of nitrogens with two attached hydrogens (primary N) is 1. The van der Waals surface area contributed by atoms with Crippen LogP contribution in [0.3, 0.4) is 0 Å². The Labute approximate surface area is 262 Å². The minimum absolute atomic E-state index is 0.241. The van der Waals surface area contributed by atoms with Gasteiger partial charge in [0.1, 0.15) is 23.1 Å². The number of hydrogen-bond acceptors (Lipinski definition) is 6. The molecule has 6 aromatic rings. The molecule has 1 atom stereocenters. The number of benzene rings is 3.